The second-order valence-corrected chi connectivity index (χ2v) is 7.27. The van der Waals surface area contributed by atoms with Crippen LogP contribution in [0.5, 0.6) is 5.75 Å². The van der Waals surface area contributed by atoms with Gasteiger partial charge in [0, 0.05) is 12.1 Å². The summed E-state index contributed by atoms with van der Waals surface area (Å²) >= 11 is 0. The summed E-state index contributed by atoms with van der Waals surface area (Å²) in [6.45, 7) is 5.88. The van der Waals surface area contributed by atoms with Crippen molar-refractivity contribution < 1.29 is 4.74 Å². The van der Waals surface area contributed by atoms with Crippen LogP contribution in [0.3, 0.4) is 0 Å². The average molecular weight is 370 g/mol. The van der Waals surface area contributed by atoms with Crippen LogP contribution in [-0.2, 0) is 6.54 Å². The van der Waals surface area contributed by atoms with Crippen molar-refractivity contribution in [2.24, 2.45) is 0 Å². The fourth-order valence-corrected chi connectivity index (χ4v) is 3.62. The van der Waals surface area contributed by atoms with E-state index in [1.807, 2.05) is 12.1 Å². The zero-order chi connectivity index (χ0) is 19.3. The highest BCUT2D eigenvalue weighted by Gasteiger charge is 2.11. The Morgan fingerprint density at radius 3 is 2.46 bits per heavy atom. The van der Waals surface area contributed by atoms with Crippen molar-refractivity contribution in [1.82, 2.24) is 9.55 Å². The van der Waals surface area contributed by atoms with E-state index in [4.69, 9.17) is 9.72 Å². The Hall–Kier alpha value is -3.07. The van der Waals surface area contributed by atoms with Crippen LogP contribution < -0.4 is 4.74 Å². The number of hydrogen-bond donors (Lipinski definition) is 0. The summed E-state index contributed by atoms with van der Waals surface area (Å²) in [5.74, 6) is 2.03. The van der Waals surface area contributed by atoms with Gasteiger partial charge >= 0.3 is 0 Å². The molecule has 0 atom stereocenters. The van der Waals surface area contributed by atoms with Gasteiger partial charge in [-0.25, -0.2) is 4.98 Å². The van der Waals surface area contributed by atoms with E-state index in [0.717, 1.165) is 48.6 Å². The predicted molar refractivity (Wildman–Crippen MR) is 116 cm³/mol. The van der Waals surface area contributed by atoms with E-state index < -0.39 is 0 Å². The number of aryl methyl sites for hydroxylation is 3. The van der Waals surface area contributed by atoms with E-state index in [-0.39, 0.29) is 0 Å². The maximum atomic E-state index is 5.99. The van der Waals surface area contributed by atoms with Crippen LogP contribution in [0.25, 0.3) is 22.4 Å². The van der Waals surface area contributed by atoms with Gasteiger partial charge < -0.3 is 9.30 Å². The van der Waals surface area contributed by atoms with Gasteiger partial charge in [-0.2, -0.15) is 0 Å². The smallest absolute Gasteiger partial charge is 0.141 e. The molecule has 0 bridgehead atoms. The Labute approximate surface area is 166 Å². The maximum absolute atomic E-state index is 5.99. The minimum atomic E-state index is 0.733. The van der Waals surface area contributed by atoms with Crippen molar-refractivity contribution in [2.45, 2.75) is 33.2 Å². The Bertz CT molecular complexity index is 1070. The number of ether oxygens (including phenoxy) is 1. The molecule has 0 aliphatic carbocycles. The monoisotopic (exact) mass is 370 g/mol. The molecule has 0 radical (unpaired) electrons. The fraction of sp³-hybridized carbons (Fsp3) is 0.240. The molecule has 0 unspecified atom stereocenters. The standard InChI is InChI=1S/C25H26N2O/c1-19-14-15-24(20(2)18-19)28-17-9-8-16-27-23-13-7-6-12-22(23)26-25(27)21-10-4-3-5-11-21/h3-7,10-15,18H,8-9,16-17H2,1-2H3. The molecule has 1 aromatic heterocycles. The molecule has 0 saturated carbocycles. The lowest BCUT2D eigenvalue weighted by Crippen LogP contribution is -2.04. The lowest BCUT2D eigenvalue weighted by molar-refractivity contribution is 0.301. The zero-order valence-electron chi connectivity index (χ0n) is 16.6. The lowest BCUT2D eigenvalue weighted by Gasteiger charge is -2.11. The third-order valence-corrected chi connectivity index (χ3v) is 5.05. The number of aromatic nitrogens is 2. The number of fused-ring (bicyclic) bond motifs is 1. The molecule has 0 aliphatic heterocycles. The first-order chi connectivity index (χ1) is 13.7. The van der Waals surface area contributed by atoms with Crippen molar-refractivity contribution in [2.75, 3.05) is 6.61 Å². The van der Waals surface area contributed by atoms with Crippen LogP contribution in [0.4, 0.5) is 0 Å². The van der Waals surface area contributed by atoms with Gasteiger partial charge in [0.25, 0.3) is 0 Å². The van der Waals surface area contributed by atoms with Gasteiger partial charge in [-0.1, -0.05) is 60.2 Å². The summed E-state index contributed by atoms with van der Waals surface area (Å²) in [6, 6.07) is 25.1. The van der Waals surface area contributed by atoms with Gasteiger partial charge in [-0.15, -0.1) is 0 Å². The maximum Gasteiger partial charge on any atom is 0.141 e. The summed E-state index contributed by atoms with van der Waals surface area (Å²) in [5.41, 5.74) is 5.87. The summed E-state index contributed by atoms with van der Waals surface area (Å²) < 4.78 is 8.32. The molecule has 0 aliphatic rings. The summed E-state index contributed by atoms with van der Waals surface area (Å²) in [6.07, 6.45) is 2.05. The van der Waals surface area contributed by atoms with E-state index >= 15 is 0 Å². The van der Waals surface area contributed by atoms with Gasteiger partial charge in [-0.3, -0.25) is 0 Å². The highest BCUT2D eigenvalue weighted by Crippen LogP contribution is 2.25. The highest BCUT2D eigenvalue weighted by molar-refractivity contribution is 5.80. The van der Waals surface area contributed by atoms with Crippen molar-refractivity contribution in [3.05, 3.63) is 83.9 Å². The van der Waals surface area contributed by atoms with Gasteiger partial charge in [0.1, 0.15) is 11.6 Å². The van der Waals surface area contributed by atoms with Crippen LogP contribution >= 0.6 is 0 Å². The Balaban J connectivity index is 1.44. The molecule has 0 saturated heterocycles. The second-order valence-electron chi connectivity index (χ2n) is 7.27. The molecule has 4 rings (SSSR count). The van der Waals surface area contributed by atoms with Crippen molar-refractivity contribution in [3.63, 3.8) is 0 Å². The van der Waals surface area contributed by atoms with E-state index in [1.165, 1.54) is 16.6 Å². The molecule has 0 N–H and O–H groups in total. The minimum Gasteiger partial charge on any atom is -0.493 e. The third-order valence-electron chi connectivity index (χ3n) is 5.05. The van der Waals surface area contributed by atoms with Crippen molar-refractivity contribution >= 4 is 11.0 Å². The molecular weight excluding hydrogens is 344 g/mol. The summed E-state index contributed by atoms with van der Waals surface area (Å²) in [4.78, 5) is 4.88. The molecule has 0 spiro atoms. The number of hydrogen-bond acceptors (Lipinski definition) is 2. The van der Waals surface area contributed by atoms with Crippen molar-refractivity contribution in [3.8, 4) is 17.1 Å². The first-order valence-electron chi connectivity index (χ1n) is 9.93. The van der Waals surface area contributed by atoms with E-state index in [9.17, 15) is 0 Å². The molecule has 0 fully saturated rings. The van der Waals surface area contributed by atoms with Crippen LogP contribution in [0.1, 0.15) is 24.0 Å². The van der Waals surface area contributed by atoms with E-state index in [2.05, 4.69) is 79.1 Å². The normalized spacial score (nSPS) is 11.1. The molecule has 3 heteroatoms. The lowest BCUT2D eigenvalue weighted by atomic mass is 10.1. The number of nitrogens with zero attached hydrogens (tertiary/aromatic N) is 2. The Morgan fingerprint density at radius 2 is 1.64 bits per heavy atom. The average Bonchev–Trinajstić information content (AvgIpc) is 3.08. The van der Waals surface area contributed by atoms with Gasteiger partial charge in [0.2, 0.25) is 0 Å². The molecule has 4 aromatic rings. The largest absolute Gasteiger partial charge is 0.493 e. The number of unbranched alkanes of at least 4 members (excludes halogenated alkanes) is 1. The summed E-state index contributed by atoms with van der Waals surface area (Å²) in [7, 11) is 0. The number of imidazole rings is 1. The predicted octanol–water partition coefficient (Wildman–Crippen LogP) is 6.18. The van der Waals surface area contributed by atoms with E-state index in [0.29, 0.717) is 0 Å². The number of rotatable bonds is 7. The van der Waals surface area contributed by atoms with Crippen LogP contribution in [0.15, 0.2) is 72.8 Å². The van der Waals surface area contributed by atoms with Gasteiger partial charge in [0.05, 0.1) is 17.6 Å². The third kappa shape index (κ3) is 3.94. The zero-order valence-corrected chi connectivity index (χ0v) is 16.6. The quantitative estimate of drug-likeness (QED) is 0.363. The first kappa shape index (κ1) is 18.3. The molecule has 1 heterocycles. The van der Waals surface area contributed by atoms with Gasteiger partial charge in [-0.05, 0) is 50.5 Å². The molecule has 3 nitrogen and oxygen atoms in total. The molecule has 3 aromatic carbocycles. The number of para-hydroxylation sites is 2. The van der Waals surface area contributed by atoms with Crippen LogP contribution in [-0.4, -0.2) is 16.2 Å². The molecular formula is C25H26N2O. The Morgan fingerprint density at radius 1 is 0.857 bits per heavy atom. The van der Waals surface area contributed by atoms with Gasteiger partial charge in [0.15, 0.2) is 0 Å². The van der Waals surface area contributed by atoms with Crippen LogP contribution in [0, 0.1) is 13.8 Å². The summed E-state index contributed by atoms with van der Waals surface area (Å²) in [5, 5.41) is 0. The first-order valence-corrected chi connectivity index (χ1v) is 9.93. The molecule has 0 amide bonds. The minimum absolute atomic E-state index is 0.733. The highest BCUT2D eigenvalue weighted by atomic mass is 16.5. The Kier molecular flexibility index (Phi) is 5.43. The molecule has 28 heavy (non-hydrogen) atoms. The van der Waals surface area contributed by atoms with E-state index in [1.54, 1.807) is 0 Å². The topological polar surface area (TPSA) is 27.1 Å². The fourth-order valence-electron chi connectivity index (χ4n) is 3.62. The number of benzene rings is 3. The van der Waals surface area contributed by atoms with Crippen molar-refractivity contribution in [1.29, 1.82) is 0 Å². The molecule has 142 valence electrons. The van der Waals surface area contributed by atoms with Crippen LogP contribution in [0.2, 0.25) is 0 Å². The SMILES string of the molecule is Cc1ccc(OCCCCn2c(-c3ccccc3)nc3ccccc32)c(C)c1. The second kappa shape index (κ2) is 8.30.